The van der Waals surface area contributed by atoms with E-state index in [9.17, 15) is 0 Å². The average molecular weight is 440 g/mol. The summed E-state index contributed by atoms with van der Waals surface area (Å²) in [7, 11) is 0. The number of anilines is 1. The predicted molar refractivity (Wildman–Crippen MR) is 138 cm³/mol. The molecule has 0 spiro atoms. The van der Waals surface area contributed by atoms with Gasteiger partial charge in [-0.15, -0.1) is 0 Å². The molecule has 0 N–H and O–H groups in total. The molecule has 3 aromatic rings. The van der Waals surface area contributed by atoms with Gasteiger partial charge in [-0.2, -0.15) is 0 Å². The van der Waals surface area contributed by atoms with E-state index in [1.54, 1.807) is 0 Å². The van der Waals surface area contributed by atoms with Crippen molar-refractivity contribution >= 4 is 5.69 Å². The smallest absolute Gasteiger partial charge is 0.0367 e. The monoisotopic (exact) mass is 439 g/mol. The van der Waals surface area contributed by atoms with Crippen LogP contribution in [0.5, 0.6) is 0 Å². The van der Waals surface area contributed by atoms with E-state index in [0.29, 0.717) is 6.04 Å². The molecule has 0 radical (unpaired) electrons. The van der Waals surface area contributed by atoms with E-state index in [0.717, 1.165) is 32.2 Å². The Morgan fingerprint density at radius 3 is 1.58 bits per heavy atom. The van der Waals surface area contributed by atoms with E-state index in [1.807, 2.05) is 0 Å². The zero-order chi connectivity index (χ0) is 22.3. The van der Waals surface area contributed by atoms with Gasteiger partial charge in [0.15, 0.2) is 0 Å². The molecule has 3 aromatic carbocycles. The van der Waals surface area contributed by atoms with E-state index in [1.165, 1.54) is 55.6 Å². The molecule has 1 saturated carbocycles. The van der Waals surface area contributed by atoms with E-state index in [4.69, 9.17) is 0 Å². The molecule has 33 heavy (non-hydrogen) atoms. The minimum atomic E-state index is 0.673. The molecule has 3 nitrogen and oxygen atoms in total. The number of benzene rings is 3. The summed E-state index contributed by atoms with van der Waals surface area (Å²) in [5.74, 6) is 0. The van der Waals surface area contributed by atoms with Crippen molar-refractivity contribution in [3.63, 3.8) is 0 Å². The summed E-state index contributed by atoms with van der Waals surface area (Å²) < 4.78 is 0. The lowest BCUT2D eigenvalue weighted by Gasteiger charge is -2.44. The van der Waals surface area contributed by atoms with Crippen molar-refractivity contribution in [1.82, 2.24) is 9.80 Å². The van der Waals surface area contributed by atoms with Gasteiger partial charge in [0.05, 0.1) is 0 Å². The lowest BCUT2D eigenvalue weighted by atomic mass is 9.88. The van der Waals surface area contributed by atoms with E-state index in [2.05, 4.69) is 106 Å². The van der Waals surface area contributed by atoms with Crippen molar-refractivity contribution < 1.29 is 0 Å². The number of hydrogen-bond donors (Lipinski definition) is 0. The lowest BCUT2D eigenvalue weighted by molar-refractivity contribution is 0.0830. The van der Waals surface area contributed by atoms with Crippen LogP contribution in [-0.2, 0) is 13.1 Å². The van der Waals surface area contributed by atoms with Crippen molar-refractivity contribution in [1.29, 1.82) is 0 Å². The van der Waals surface area contributed by atoms with Gasteiger partial charge in [-0.05, 0) is 48.9 Å². The molecule has 0 aromatic heterocycles. The fraction of sp³-hybridized carbons (Fsp3) is 0.400. The molecule has 0 atom stereocenters. The van der Waals surface area contributed by atoms with Crippen LogP contribution in [0.15, 0.2) is 91.0 Å². The largest absolute Gasteiger partial charge is 0.369 e. The third-order valence-electron chi connectivity index (χ3n) is 7.59. The number of piperazine rings is 1. The first-order valence-corrected chi connectivity index (χ1v) is 12.7. The molecular weight excluding hydrogens is 402 g/mol. The zero-order valence-corrected chi connectivity index (χ0v) is 19.7. The van der Waals surface area contributed by atoms with Crippen molar-refractivity contribution in [3.8, 4) is 0 Å². The topological polar surface area (TPSA) is 9.72 Å². The first-order chi connectivity index (χ1) is 16.3. The highest BCUT2D eigenvalue weighted by molar-refractivity contribution is 5.46. The number of rotatable bonds is 7. The Labute approximate surface area is 199 Å². The minimum absolute atomic E-state index is 0.673. The highest BCUT2D eigenvalue weighted by Crippen LogP contribution is 2.30. The molecule has 0 bridgehead atoms. The van der Waals surface area contributed by atoms with Crippen molar-refractivity contribution in [2.24, 2.45) is 0 Å². The lowest BCUT2D eigenvalue weighted by Crippen LogP contribution is -2.52. The fourth-order valence-electron chi connectivity index (χ4n) is 5.72. The van der Waals surface area contributed by atoms with Gasteiger partial charge in [0.25, 0.3) is 0 Å². The highest BCUT2D eigenvalue weighted by atomic mass is 15.3. The van der Waals surface area contributed by atoms with Gasteiger partial charge < -0.3 is 4.90 Å². The Bertz CT molecular complexity index is 902. The molecule has 5 rings (SSSR count). The summed E-state index contributed by atoms with van der Waals surface area (Å²) in [6.45, 7) is 6.78. The molecule has 1 heterocycles. The molecule has 2 fully saturated rings. The standard InChI is InChI=1S/C30H37N3/c1-4-10-26(11-5-1)24-33(25-27-12-6-2-7-13-27)30-18-16-29(17-19-30)32-22-20-31(21-23-32)28-14-8-3-9-15-28/h1-15,29-30H,16-25H2. The van der Waals surface area contributed by atoms with Gasteiger partial charge >= 0.3 is 0 Å². The van der Waals surface area contributed by atoms with Crippen molar-refractivity contribution in [2.45, 2.75) is 50.9 Å². The quantitative estimate of drug-likeness (QED) is 0.459. The third-order valence-corrected chi connectivity index (χ3v) is 7.59. The maximum absolute atomic E-state index is 2.77. The molecule has 2 aliphatic rings. The normalized spacial score (nSPS) is 21.9. The van der Waals surface area contributed by atoms with Gasteiger partial charge in [0.1, 0.15) is 0 Å². The predicted octanol–water partition coefficient (Wildman–Crippen LogP) is 5.82. The van der Waals surface area contributed by atoms with Crippen LogP contribution >= 0.6 is 0 Å². The number of hydrogen-bond acceptors (Lipinski definition) is 3. The Morgan fingerprint density at radius 1 is 0.576 bits per heavy atom. The maximum Gasteiger partial charge on any atom is 0.0367 e. The van der Waals surface area contributed by atoms with Crippen LogP contribution in [0.1, 0.15) is 36.8 Å². The highest BCUT2D eigenvalue weighted by Gasteiger charge is 2.30. The van der Waals surface area contributed by atoms with Gasteiger partial charge in [-0.3, -0.25) is 9.80 Å². The summed E-state index contributed by atoms with van der Waals surface area (Å²) in [4.78, 5) is 8.05. The van der Waals surface area contributed by atoms with Crippen LogP contribution in [-0.4, -0.2) is 48.1 Å². The molecule has 3 heteroatoms. The van der Waals surface area contributed by atoms with Gasteiger partial charge in [-0.25, -0.2) is 0 Å². The first kappa shape index (κ1) is 22.2. The van der Waals surface area contributed by atoms with Crippen LogP contribution < -0.4 is 4.90 Å². The van der Waals surface area contributed by atoms with Crippen LogP contribution in [0.25, 0.3) is 0 Å². The molecule has 0 amide bonds. The second-order valence-corrected chi connectivity index (χ2v) is 9.70. The van der Waals surface area contributed by atoms with E-state index in [-0.39, 0.29) is 0 Å². The molecule has 172 valence electrons. The third kappa shape index (κ3) is 5.85. The van der Waals surface area contributed by atoms with Gasteiger partial charge in [-0.1, -0.05) is 78.9 Å². The van der Waals surface area contributed by atoms with E-state index < -0.39 is 0 Å². The summed E-state index contributed by atoms with van der Waals surface area (Å²) in [6.07, 6.45) is 5.28. The van der Waals surface area contributed by atoms with E-state index >= 15 is 0 Å². The summed E-state index contributed by atoms with van der Waals surface area (Å²) >= 11 is 0. The zero-order valence-electron chi connectivity index (χ0n) is 19.7. The molecular formula is C30H37N3. The Hall–Kier alpha value is -2.62. The summed E-state index contributed by atoms with van der Waals surface area (Å²) in [6, 6.07) is 34.3. The molecule has 0 unspecified atom stereocenters. The molecule has 1 saturated heterocycles. The van der Waals surface area contributed by atoms with Crippen LogP contribution in [0, 0.1) is 0 Å². The van der Waals surface area contributed by atoms with Gasteiger partial charge in [0, 0.05) is 57.0 Å². The Balaban J connectivity index is 1.17. The van der Waals surface area contributed by atoms with Crippen LogP contribution in [0.3, 0.4) is 0 Å². The fourth-order valence-corrected chi connectivity index (χ4v) is 5.72. The first-order valence-electron chi connectivity index (χ1n) is 12.7. The van der Waals surface area contributed by atoms with Crippen molar-refractivity contribution in [3.05, 3.63) is 102 Å². The van der Waals surface area contributed by atoms with Crippen LogP contribution in [0.4, 0.5) is 5.69 Å². The minimum Gasteiger partial charge on any atom is -0.369 e. The number of nitrogens with zero attached hydrogens (tertiary/aromatic N) is 3. The van der Waals surface area contributed by atoms with Crippen molar-refractivity contribution in [2.75, 3.05) is 31.1 Å². The Kier molecular flexibility index (Phi) is 7.40. The second kappa shape index (κ2) is 11.0. The average Bonchev–Trinajstić information content (AvgIpc) is 2.90. The maximum atomic E-state index is 2.77. The second-order valence-electron chi connectivity index (χ2n) is 9.70. The van der Waals surface area contributed by atoms with Gasteiger partial charge in [0.2, 0.25) is 0 Å². The van der Waals surface area contributed by atoms with Crippen LogP contribution in [0.2, 0.25) is 0 Å². The Morgan fingerprint density at radius 2 is 1.06 bits per heavy atom. The summed E-state index contributed by atoms with van der Waals surface area (Å²) in [5, 5.41) is 0. The SMILES string of the molecule is c1ccc(CN(Cc2ccccc2)C2CCC(N3CCN(c4ccccc4)CC3)CC2)cc1. The number of para-hydroxylation sites is 1. The molecule has 1 aliphatic carbocycles. The summed E-state index contributed by atoms with van der Waals surface area (Å²) in [5.41, 5.74) is 4.22. The molecule has 1 aliphatic heterocycles.